The van der Waals surface area contributed by atoms with Gasteiger partial charge in [0.25, 0.3) is 0 Å². The Morgan fingerprint density at radius 3 is 1.16 bits per heavy atom. The van der Waals surface area contributed by atoms with Gasteiger partial charge in [-0.3, -0.25) is 4.79 Å². The Labute approximate surface area is 360 Å². The number of aliphatic hydroxyl groups excluding tert-OH is 3. The van der Waals surface area contributed by atoms with Crippen LogP contribution >= 0.6 is 0 Å². The second-order valence-electron chi connectivity index (χ2n) is 17.0. The molecule has 338 valence electrons. The topological polar surface area (TPSA) is 89.8 Å². The molecule has 0 heterocycles. The van der Waals surface area contributed by atoms with E-state index in [1.165, 1.54) is 167 Å². The maximum Gasteiger partial charge on any atom is 0.249 e. The Morgan fingerprint density at radius 2 is 0.759 bits per heavy atom. The molecule has 1 amide bonds. The lowest BCUT2D eigenvalue weighted by Gasteiger charge is -2.21. The van der Waals surface area contributed by atoms with Crippen LogP contribution in [0.15, 0.2) is 60.8 Å². The fourth-order valence-corrected chi connectivity index (χ4v) is 7.36. The molecule has 0 aromatic rings. The van der Waals surface area contributed by atoms with Gasteiger partial charge in [0.1, 0.15) is 6.10 Å². The van der Waals surface area contributed by atoms with E-state index in [1.807, 2.05) is 6.08 Å². The molecule has 4 N–H and O–H groups in total. The van der Waals surface area contributed by atoms with Crippen LogP contribution in [0.25, 0.3) is 0 Å². The van der Waals surface area contributed by atoms with E-state index < -0.39 is 24.2 Å². The number of rotatable bonds is 45. The zero-order valence-corrected chi connectivity index (χ0v) is 38.4. The Kier molecular flexibility index (Phi) is 46.1. The summed E-state index contributed by atoms with van der Waals surface area (Å²) in [5, 5.41) is 33.2. The fourth-order valence-electron chi connectivity index (χ4n) is 7.36. The molecule has 0 aliphatic heterocycles. The van der Waals surface area contributed by atoms with Gasteiger partial charge in [0.2, 0.25) is 5.91 Å². The van der Waals surface area contributed by atoms with Crippen molar-refractivity contribution in [1.82, 2.24) is 5.32 Å². The Hall–Kier alpha value is -1.95. The van der Waals surface area contributed by atoms with E-state index in [-0.39, 0.29) is 6.61 Å². The van der Waals surface area contributed by atoms with E-state index >= 15 is 0 Å². The zero-order valence-electron chi connectivity index (χ0n) is 38.4. The number of nitrogens with one attached hydrogen (secondary N) is 1. The lowest BCUT2D eigenvalue weighted by atomic mass is 10.0. The summed E-state index contributed by atoms with van der Waals surface area (Å²) in [6, 6.07) is -0.828. The van der Waals surface area contributed by atoms with Gasteiger partial charge >= 0.3 is 0 Å². The monoisotopic (exact) mass is 812 g/mol. The van der Waals surface area contributed by atoms with E-state index in [0.717, 1.165) is 57.8 Å². The van der Waals surface area contributed by atoms with Crippen molar-refractivity contribution in [3.63, 3.8) is 0 Å². The third-order valence-corrected chi connectivity index (χ3v) is 11.3. The molecule has 0 fully saturated rings. The lowest BCUT2D eigenvalue weighted by Crippen LogP contribution is -2.48. The van der Waals surface area contributed by atoms with Gasteiger partial charge < -0.3 is 20.6 Å². The SMILES string of the molecule is CCCCCCCCCCC/C=C\C/C=C\CCCCCCCCC(O)C(=O)NC(CO)C(O)/C=C/CC/C=C/CC/C=C/CCCCCCCCCCCCCC. The highest BCUT2D eigenvalue weighted by molar-refractivity contribution is 5.80. The predicted octanol–water partition coefficient (Wildman–Crippen LogP) is 15.0. The summed E-state index contributed by atoms with van der Waals surface area (Å²) >= 11 is 0. The Morgan fingerprint density at radius 1 is 0.431 bits per heavy atom. The maximum absolute atomic E-state index is 12.5. The van der Waals surface area contributed by atoms with E-state index in [0.29, 0.717) is 6.42 Å². The smallest absolute Gasteiger partial charge is 0.249 e. The van der Waals surface area contributed by atoms with E-state index in [1.54, 1.807) is 6.08 Å². The summed E-state index contributed by atoms with van der Waals surface area (Å²) in [7, 11) is 0. The molecule has 58 heavy (non-hydrogen) atoms. The van der Waals surface area contributed by atoms with Crippen molar-refractivity contribution in [2.45, 2.75) is 263 Å². The van der Waals surface area contributed by atoms with Gasteiger partial charge in [-0.05, 0) is 77.0 Å². The van der Waals surface area contributed by atoms with Crippen LogP contribution in [0.3, 0.4) is 0 Å². The van der Waals surface area contributed by atoms with Gasteiger partial charge in [0, 0.05) is 0 Å². The minimum absolute atomic E-state index is 0.387. The van der Waals surface area contributed by atoms with Gasteiger partial charge in [-0.15, -0.1) is 0 Å². The molecule has 0 aliphatic rings. The van der Waals surface area contributed by atoms with Crippen molar-refractivity contribution in [3.8, 4) is 0 Å². The molecule has 3 unspecified atom stereocenters. The summed E-state index contributed by atoms with van der Waals surface area (Å²) in [4.78, 5) is 12.5. The van der Waals surface area contributed by atoms with Crippen LogP contribution in [0.1, 0.15) is 245 Å². The van der Waals surface area contributed by atoms with Crippen LogP contribution in [0.5, 0.6) is 0 Å². The first-order valence-corrected chi connectivity index (χ1v) is 25.1. The molecule has 0 aliphatic carbocycles. The Bertz CT molecular complexity index is 985. The second kappa shape index (κ2) is 47.7. The highest BCUT2D eigenvalue weighted by Gasteiger charge is 2.22. The molecular weight excluding hydrogens is 715 g/mol. The van der Waals surface area contributed by atoms with Gasteiger partial charge in [-0.1, -0.05) is 229 Å². The molecule has 0 saturated heterocycles. The average molecular weight is 812 g/mol. The third kappa shape index (κ3) is 42.2. The minimum atomic E-state index is -1.12. The quantitative estimate of drug-likeness (QED) is 0.0364. The lowest BCUT2D eigenvalue weighted by molar-refractivity contribution is -0.131. The highest BCUT2D eigenvalue weighted by Crippen LogP contribution is 2.14. The largest absolute Gasteiger partial charge is 0.394 e. The fraction of sp³-hybridized carbons (Fsp3) is 0.792. The molecule has 0 bridgehead atoms. The van der Waals surface area contributed by atoms with Crippen LogP contribution in [0.2, 0.25) is 0 Å². The number of carbonyl (C=O) groups excluding carboxylic acids is 1. The van der Waals surface area contributed by atoms with Crippen molar-refractivity contribution in [2.75, 3.05) is 6.61 Å². The average Bonchev–Trinajstić information content (AvgIpc) is 3.23. The molecule has 0 aromatic heterocycles. The van der Waals surface area contributed by atoms with Crippen LogP contribution in [-0.4, -0.2) is 46.1 Å². The first kappa shape index (κ1) is 56.0. The number of unbranched alkanes of at least 4 members (excludes halogenated alkanes) is 29. The molecule has 0 saturated carbocycles. The molecule has 0 radical (unpaired) electrons. The van der Waals surface area contributed by atoms with Crippen molar-refractivity contribution in [1.29, 1.82) is 0 Å². The van der Waals surface area contributed by atoms with Crippen LogP contribution in [0.4, 0.5) is 0 Å². The highest BCUT2D eigenvalue weighted by atomic mass is 16.3. The number of carbonyl (C=O) groups is 1. The number of aliphatic hydroxyl groups is 3. The van der Waals surface area contributed by atoms with Crippen molar-refractivity contribution in [3.05, 3.63) is 60.8 Å². The van der Waals surface area contributed by atoms with E-state index in [9.17, 15) is 20.1 Å². The summed E-state index contributed by atoms with van der Waals surface area (Å²) in [6.07, 6.45) is 64.1. The third-order valence-electron chi connectivity index (χ3n) is 11.3. The molecular formula is C53H97NO4. The normalized spacial score (nSPS) is 13.9. The standard InChI is InChI=1S/C53H97NO4/c1-3-5-7-9-11-13-15-17-19-21-23-25-27-29-31-33-35-37-39-41-43-45-47-51(56)50(49-55)54-53(58)52(57)48-46-44-42-40-38-36-34-32-30-28-26-24-22-20-18-16-14-12-10-8-6-4-2/h24,26,29-32,37,39,45,47,50-52,55-57H,3-23,25,27-28,33-36,38,40-44,46,48-49H2,1-2H3,(H,54,58)/b26-24-,31-29+,32-30-,39-37+,47-45+. The summed E-state index contributed by atoms with van der Waals surface area (Å²) in [5.41, 5.74) is 0. The minimum Gasteiger partial charge on any atom is -0.394 e. The van der Waals surface area contributed by atoms with Crippen LogP contribution in [-0.2, 0) is 4.79 Å². The number of allylic oxidation sites excluding steroid dienone is 9. The zero-order chi connectivity index (χ0) is 42.3. The molecule has 0 rings (SSSR count). The first-order valence-electron chi connectivity index (χ1n) is 25.1. The molecule has 0 aromatic carbocycles. The number of hydrogen-bond donors (Lipinski definition) is 4. The molecule has 3 atom stereocenters. The summed E-state index contributed by atoms with van der Waals surface area (Å²) < 4.78 is 0. The number of hydrogen-bond acceptors (Lipinski definition) is 4. The van der Waals surface area contributed by atoms with Crippen LogP contribution < -0.4 is 5.32 Å². The van der Waals surface area contributed by atoms with E-state index in [4.69, 9.17) is 0 Å². The first-order chi connectivity index (χ1) is 28.6. The van der Waals surface area contributed by atoms with Gasteiger partial charge in [-0.25, -0.2) is 0 Å². The summed E-state index contributed by atoms with van der Waals surface area (Å²) in [5.74, 6) is -0.525. The van der Waals surface area contributed by atoms with Gasteiger partial charge in [0.15, 0.2) is 0 Å². The van der Waals surface area contributed by atoms with Crippen LogP contribution in [0, 0.1) is 0 Å². The maximum atomic E-state index is 12.5. The predicted molar refractivity (Wildman–Crippen MR) is 254 cm³/mol. The Balaban J connectivity index is 3.74. The van der Waals surface area contributed by atoms with E-state index in [2.05, 4.69) is 67.8 Å². The van der Waals surface area contributed by atoms with Crippen molar-refractivity contribution >= 4 is 5.91 Å². The molecule has 0 spiro atoms. The number of amides is 1. The van der Waals surface area contributed by atoms with Gasteiger partial charge in [0.05, 0.1) is 18.8 Å². The second-order valence-corrected chi connectivity index (χ2v) is 17.0. The molecule has 5 heteroatoms. The van der Waals surface area contributed by atoms with Crippen molar-refractivity contribution < 1.29 is 20.1 Å². The van der Waals surface area contributed by atoms with Gasteiger partial charge in [-0.2, -0.15) is 0 Å². The van der Waals surface area contributed by atoms with Crippen molar-refractivity contribution in [2.24, 2.45) is 0 Å². The molecule has 5 nitrogen and oxygen atoms in total. The summed E-state index contributed by atoms with van der Waals surface area (Å²) in [6.45, 7) is 4.17.